The summed E-state index contributed by atoms with van der Waals surface area (Å²) in [6.07, 6.45) is 5.18. The Balaban J connectivity index is 2.08. The zero-order valence-corrected chi connectivity index (χ0v) is 13.4. The molecule has 0 aliphatic rings. The van der Waals surface area contributed by atoms with Crippen molar-refractivity contribution in [3.8, 4) is 5.75 Å². The summed E-state index contributed by atoms with van der Waals surface area (Å²) in [7, 11) is 1.66. The van der Waals surface area contributed by atoms with Crippen molar-refractivity contribution in [3.63, 3.8) is 0 Å². The van der Waals surface area contributed by atoms with Crippen LogP contribution in [0.1, 0.15) is 37.2 Å². The highest BCUT2D eigenvalue weighted by atomic mass is 79.9. The fraction of sp³-hybridized carbons (Fsp3) is 0.333. The normalized spacial score (nSPS) is 13.8. The summed E-state index contributed by atoms with van der Waals surface area (Å²) in [6.45, 7) is 4.21. The van der Waals surface area contributed by atoms with Gasteiger partial charge in [0.25, 0.3) is 0 Å². The average molecular weight is 336 g/mol. The Hall–Kier alpha value is -1.46. The summed E-state index contributed by atoms with van der Waals surface area (Å²) in [5.41, 5.74) is 2.13. The number of halogens is 1. The Morgan fingerprint density at radius 2 is 2.00 bits per heavy atom. The van der Waals surface area contributed by atoms with Gasteiger partial charge in [-0.3, -0.25) is 9.97 Å². The standard InChI is InChI=1S/C15H18BrN3O/c1-10(12-4-5-15(20-3)13(16)8-12)19-11(2)14-9-17-6-7-18-14/h4-11,19H,1-3H3. The Kier molecular flexibility index (Phi) is 5.09. The maximum atomic E-state index is 5.24. The molecule has 0 saturated heterocycles. The highest BCUT2D eigenvalue weighted by molar-refractivity contribution is 9.10. The third-order valence-corrected chi connectivity index (χ3v) is 3.82. The first-order valence-corrected chi connectivity index (χ1v) is 7.26. The van der Waals surface area contributed by atoms with E-state index in [1.54, 1.807) is 25.7 Å². The van der Waals surface area contributed by atoms with Crippen molar-refractivity contribution in [2.75, 3.05) is 7.11 Å². The lowest BCUT2D eigenvalue weighted by Gasteiger charge is -2.20. The average Bonchev–Trinajstić information content (AvgIpc) is 2.48. The molecule has 0 aliphatic heterocycles. The maximum Gasteiger partial charge on any atom is 0.133 e. The van der Waals surface area contributed by atoms with E-state index >= 15 is 0 Å². The van der Waals surface area contributed by atoms with Crippen molar-refractivity contribution < 1.29 is 4.74 Å². The summed E-state index contributed by atoms with van der Waals surface area (Å²) in [5.74, 6) is 0.836. The SMILES string of the molecule is COc1ccc(C(C)NC(C)c2cnccn2)cc1Br. The number of rotatable bonds is 5. The maximum absolute atomic E-state index is 5.24. The number of benzene rings is 1. The number of aromatic nitrogens is 2. The van der Waals surface area contributed by atoms with Crippen molar-refractivity contribution in [2.45, 2.75) is 25.9 Å². The molecule has 1 aromatic carbocycles. The first-order valence-electron chi connectivity index (χ1n) is 6.47. The zero-order chi connectivity index (χ0) is 14.5. The van der Waals surface area contributed by atoms with E-state index in [-0.39, 0.29) is 12.1 Å². The van der Waals surface area contributed by atoms with Gasteiger partial charge in [-0.2, -0.15) is 0 Å². The summed E-state index contributed by atoms with van der Waals surface area (Å²) < 4.78 is 6.20. The molecule has 2 atom stereocenters. The van der Waals surface area contributed by atoms with Crippen LogP contribution in [0.5, 0.6) is 5.75 Å². The van der Waals surface area contributed by atoms with Crippen LogP contribution < -0.4 is 10.1 Å². The van der Waals surface area contributed by atoms with Gasteiger partial charge in [-0.25, -0.2) is 0 Å². The number of nitrogens with zero attached hydrogens (tertiary/aromatic N) is 2. The lowest BCUT2D eigenvalue weighted by atomic mass is 10.1. The van der Waals surface area contributed by atoms with Crippen LogP contribution in [0.3, 0.4) is 0 Å². The van der Waals surface area contributed by atoms with Crippen LogP contribution in [0.25, 0.3) is 0 Å². The van der Waals surface area contributed by atoms with Gasteiger partial charge in [0.2, 0.25) is 0 Å². The molecule has 2 rings (SSSR count). The fourth-order valence-corrected chi connectivity index (χ4v) is 2.60. The van der Waals surface area contributed by atoms with Gasteiger partial charge in [-0.1, -0.05) is 6.07 Å². The number of hydrogen-bond acceptors (Lipinski definition) is 4. The Bertz CT molecular complexity index is 562. The number of methoxy groups -OCH3 is 1. The molecule has 0 aliphatic carbocycles. The molecule has 1 N–H and O–H groups in total. The van der Waals surface area contributed by atoms with Crippen LogP contribution in [0.15, 0.2) is 41.3 Å². The predicted molar refractivity (Wildman–Crippen MR) is 82.7 cm³/mol. The topological polar surface area (TPSA) is 47.0 Å². The van der Waals surface area contributed by atoms with Crippen molar-refractivity contribution in [1.29, 1.82) is 0 Å². The summed E-state index contributed by atoms with van der Waals surface area (Å²) in [5, 5.41) is 3.51. The molecule has 4 nitrogen and oxygen atoms in total. The van der Waals surface area contributed by atoms with E-state index in [9.17, 15) is 0 Å². The van der Waals surface area contributed by atoms with Crippen LogP contribution in [0.2, 0.25) is 0 Å². The highest BCUT2D eigenvalue weighted by Gasteiger charge is 2.13. The third-order valence-electron chi connectivity index (χ3n) is 3.20. The third kappa shape index (κ3) is 3.55. The number of nitrogens with one attached hydrogen (secondary N) is 1. The fourth-order valence-electron chi connectivity index (χ4n) is 2.04. The lowest BCUT2D eigenvalue weighted by molar-refractivity contribution is 0.411. The molecule has 5 heteroatoms. The molecule has 0 amide bonds. The molecule has 0 spiro atoms. The van der Waals surface area contributed by atoms with Gasteiger partial charge in [0.15, 0.2) is 0 Å². The molecule has 106 valence electrons. The van der Waals surface area contributed by atoms with Gasteiger partial charge in [-0.05, 0) is 47.5 Å². The molecule has 0 saturated carbocycles. The molecule has 0 bridgehead atoms. The minimum atomic E-state index is 0.138. The van der Waals surface area contributed by atoms with Gasteiger partial charge in [0, 0.05) is 30.7 Å². The van der Waals surface area contributed by atoms with Gasteiger partial charge >= 0.3 is 0 Å². The number of ether oxygens (including phenoxy) is 1. The predicted octanol–water partition coefficient (Wildman–Crippen LogP) is 3.66. The Morgan fingerprint density at radius 3 is 2.60 bits per heavy atom. The Morgan fingerprint density at radius 1 is 1.20 bits per heavy atom. The second-order valence-electron chi connectivity index (χ2n) is 4.63. The van der Waals surface area contributed by atoms with Gasteiger partial charge in [0.1, 0.15) is 5.75 Å². The first-order chi connectivity index (χ1) is 9.61. The van der Waals surface area contributed by atoms with Crippen LogP contribution in [0.4, 0.5) is 0 Å². The van der Waals surface area contributed by atoms with Gasteiger partial charge in [0.05, 0.1) is 17.3 Å². The second-order valence-corrected chi connectivity index (χ2v) is 5.49. The van der Waals surface area contributed by atoms with E-state index < -0.39 is 0 Å². The zero-order valence-electron chi connectivity index (χ0n) is 11.8. The summed E-state index contributed by atoms with van der Waals surface area (Å²) in [4.78, 5) is 8.41. The smallest absolute Gasteiger partial charge is 0.133 e. The molecule has 20 heavy (non-hydrogen) atoms. The van der Waals surface area contributed by atoms with Crippen molar-refractivity contribution in [2.24, 2.45) is 0 Å². The lowest BCUT2D eigenvalue weighted by Crippen LogP contribution is -2.23. The van der Waals surface area contributed by atoms with Crippen molar-refractivity contribution in [3.05, 3.63) is 52.5 Å². The molecule has 0 fully saturated rings. The second kappa shape index (κ2) is 6.81. The molecular weight excluding hydrogens is 318 g/mol. The molecule has 0 radical (unpaired) electrons. The summed E-state index contributed by atoms with van der Waals surface area (Å²) >= 11 is 3.51. The number of hydrogen-bond donors (Lipinski definition) is 1. The van der Waals surface area contributed by atoms with Crippen molar-refractivity contribution in [1.82, 2.24) is 15.3 Å². The monoisotopic (exact) mass is 335 g/mol. The van der Waals surface area contributed by atoms with E-state index in [1.807, 2.05) is 6.07 Å². The van der Waals surface area contributed by atoms with Gasteiger partial charge < -0.3 is 10.1 Å². The molecular formula is C15H18BrN3O. The minimum absolute atomic E-state index is 0.138. The van der Waals surface area contributed by atoms with Crippen LogP contribution in [-0.4, -0.2) is 17.1 Å². The highest BCUT2D eigenvalue weighted by Crippen LogP contribution is 2.28. The largest absolute Gasteiger partial charge is 0.496 e. The van der Waals surface area contributed by atoms with Crippen LogP contribution >= 0.6 is 15.9 Å². The first kappa shape index (κ1) is 14.9. The van der Waals surface area contributed by atoms with Crippen LogP contribution in [-0.2, 0) is 0 Å². The Labute approximate surface area is 127 Å². The van der Waals surface area contributed by atoms with E-state index in [0.717, 1.165) is 15.9 Å². The van der Waals surface area contributed by atoms with Crippen molar-refractivity contribution >= 4 is 15.9 Å². The van der Waals surface area contributed by atoms with E-state index in [1.165, 1.54) is 5.56 Å². The molecule has 2 unspecified atom stereocenters. The molecule has 2 aromatic rings. The molecule has 1 heterocycles. The van der Waals surface area contributed by atoms with E-state index in [4.69, 9.17) is 4.74 Å². The minimum Gasteiger partial charge on any atom is -0.496 e. The summed E-state index contributed by atoms with van der Waals surface area (Å²) in [6, 6.07) is 6.43. The van der Waals surface area contributed by atoms with E-state index in [0.29, 0.717) is 0 Å². The van der Waals surface area contributed by atoms with Gasteiger partial charge in [-0.15, -0.1) is 0 Å². The van der Waals surface area contributed by atoms with E-state index in [2.05, 4.69) is 57.2 Å². The quantitative estimate of drug-likeness (QED) is 0.905. The molecule has 1 aromatic heterocycles. The van der Waals surface area contributed by atoms with Crippen LogP contribution in [0, 0.1) is 0 Å².